The van der Waals surface area contributed by atoms with Gasteiger partial charge < -0.3 is 10.5 Å². The van der Waals surface area contributed by atoms with Gasteiger partial charge in [0.25, 0.3) is 0 Å². The van der Waals surface area contributed by atoms with E-state index in [-0.39, 0.29) is 5.60 Å². The van der Waals surface area contributed by atoms with E-state index in [1.807, 2.05) is 6.92 Å². The lowest BCUT2D eigenvalue weighted by Crippen LogP contribution is -2.30. The molecule has 2 heterocycles. The number of aromatic nitrogens is 4. The zero-order valence-electron chi connectivity index (χ0n) is 11.2. The fourth-order valence-electron chi connectivity index (χ4n) is 2.50. The number of nitrogens with two attached hydrogens (primary N) is 1. The first-order valence-electron chi connectivity index (χ1n) is 6.53. The predicted octanol–water partition coefficient (Wildman–Crippen LogP) is 1.63. The third kappa shape index (κ3) is 2.36. The van der Waals surface area contributed by atoms with Crippen molar-refractivity contribution in [3.63, 3.8) is 0 Å². The SMILES string of the molecule is CC1(Cn2nnnc2-c2ccc(N)cc2F)CCCO1. The van der Waals surface area contributed by atoms with Gasteiger partial charge in [-0.25, -0.2) is 9.07 Å². The summed E-state index contributed by atoms with van der Waals surface area (Å²) < 4.78 is 21.3. The molecule has 1 aliphatic rings. The van der Waals surface area contributed by atoms with Crippen LogP contribution in [0.2, 0.25) is 0 Å². The molecule has 2 N–H and O–H groups in total. The molecule has 1 aliphatic heterocycles. The summed E-state index contributed by atoms with van der Waals surface area (Å²) in [5.74, 6) is -0.0437. The monoisotopic (exact) mass is 277 g/mol. The van der Waals surface area contributed by atoms with Crippen LogP contribution in [0.25, 0.3) is 11.4 Å². The number of tetrazole rings is 1. The molecule has 1 aromatic carbocycles. The third-order valence-corrected chi connectivity index (χ3v) is 3.55. The summed E-state index contributed by atoms with van der Waals surface area (Å²) in [6.45, 7) is 3.26. The second kappa shape index (κ2) is 4.82. The maximum atomic E-state index is 14.0. The van der Waals surface area contributed by atoms with Crippen LogP contribution in [-0.4, -0.2) is 32.4 Å². The van der Waals surface area contributed by atoms with Gasteiger partial charge in [-0.15, -0.1) is 5.10 Å². The van der Waals surface area contributed by atoms with Gasteiger partial charge in [0, 0.05) is 12.3 Å². The first-order chi connectivity index (χ1) is 9.57. The quantitative estimate of drug-likeness (QED) is 0.863. The molecule has 6 nitrogen and oxygen atoms in total. The molecule has 1 fully saturated rings. The summed E-state index contributed by atoms with van der Waals surface area (Å²) in [5, 5.41) is 11.5. The first kappa shape index (κ1) is 13.0. The summed E-state index contributed by atoms with van der Waals surface area (Å²) in [6, 6.07) is 4.48. The molecular formula is C13H16FN5O. The van der Waals surface area contributed by atoms with E-state index in [1.54, 1.807) is 16.8 Å². The minimum Gasteiger partial charge on any atom is -0.399 e. The fourth-order valence-corrected chi connectivity index (χ4v) is 2.50. The molecule has 1 aromatic heterocycles. The zero-order valence-corrected chi connectivity index (χ0v) is 11.2. The second-order valence-corrected chi connectivity index (χ2v) is 5.30. The maximum Gasteiger partial charge on any atom is 0.185 e. The molecule has 106 valence electrons. The van der Waals surface area contributed by atoms with Crippen molar-refractivity contribution in [3.8, 4) is 11.4 Å². The van der Waals surface area contributed by atoms with E-state index in [1.165, 1.54) is 6.07 Å². The van der Waals surface area contributed by atoms with Crippen LogP contribution in [0.1, 0.15) is 19.8 Å². The minimum atomic E-state index is -0.432. The van der Waals surface area contributed by atoms with E-state index < -0.39 is 5.82 Å². The van der Waals surface area contributed by atoms with Crippen molar-refractivity contribution in [2.45, 2.75) is 31.9 Å². The van der Waals surface area contributed by atoms with Crippen molar-refractivity contribution in [1.29, 1.82) is 0 Å². The third-order valence-electron chi connectivity index (χ3n) is 3.55. The molecule has 1 atom stereocenters. The molecule has 2 aromatic rings. The van der Waals surface area contributed by atoms with Crippen molar-refractivity contribution in [1.82, 2.24) is 20.2 Å². The van der Waals surface area contributed by atoms with Gasteiger partial charge >= 0.3 is 0 Å². The van der Waals surface area contributed by atoms with Gasteiger partial charge in [-0.05, 0) is 48.4 Å². The molecule has 0 bridgehead atoms. The highest BCUT2D eigenvalue weighted by Gasteiger charge is 2.32. The molecule has 1 saturated heterocycles. The average molecular weight is 277 g/mol. The van der Waals surface area contributed by atoms with E-state index in [0.29, 0.717) is 23.6 Å². The summed E-state index contributed by atoms with van der Waals surface area (Å²) in [5.41, 5.74) is 5.97. The largest absolute Gasteiger partial charge is 0.399 e. The number of anilines is 1. The van der Waals surface area contributed by atoms with Gasteiger partial charge in [-0.2, -0.15) is 0 Å². The molecular weight excluding hydrogens is 261 g/mol. The molecule has 20 heavy (non-hydrogen) atoms. The summed E-state index contributed by atoms with van der Waals surface area (Å²) in [6.07, 6.45) is 1.96. The summed E-state index contributed by atoms with van der Waals surface area (Å²) >= 11 is 0. The number of hydrogen-bond donors (Lipinski definition) is 1. The van der Waals surface area contributed by atoms with E-state index in [0.717, 1.165) is 19.4 Å². The number of rotatable bonds is 3. The minimum absolute atomic E-state index is 0.297. The number of ether oxygens (including phenoxy) is 1. The molecule has 0 radical (unpaired) electrons. The Bertz CT molecular complexity index is 621. The van der Waals surface area contributed by atoms with Crippen molar-refractivity contribution in [3.05, 3.63) is 24.0 Å². The van der Waals surface area contributed by atoms with Gasteiger partial charge in [0.1, 0.15) is 5.82 Å². The van der Waals surface area contributed by atoms with Crippen LogP contribution < -0.4 is 5.73 Å². The Kier molecular flexibility index (Phi) is 3.13. The number of hydrogen-bond acceptors (Lipinski definition) is 5. The Morgan fingerprint density at radius 3 is 3.05 bits per heavy atom. The average Bonchev–Trinajstić information content (AvgIpc) is 3.00. The lowest BCUT2D eigenvalue weighted by molar-refractivity contribution is 0.00354. The van der Waals surface area contributed by atoms with Crippen LogP contribution in [0.5, 0.6) is 0 Å². The number of benzene rings is 1. The van der Waals surface area contributed by atoms with Crippen molar-refractivity contribution < 1.29 is 9.13 Å². The Labute approximate surface area is 115 Å². The normalized spacial score (nSPS) is 22.3. The van der Waals surface area contributed by atoms with E-state index in [4.69, 9.17) is 10.5 Å². The van der Waals surface area contributed by atoms with Crippen molar-refractivity contribution >= 4 is 5.69 Å². The van der Waals surface area contributed by atoms with Crippen LogP contribution >= 0.6 is 0 Å². The van der Waals surface area contributed by atoms with Gasteiger partial charge in [-0.1, -0.05) is 0 Å². The topological polar surface area (TPSA) is 78.9 Å². The lowest BCUT2D eigenvalue weighted by atomic mass is 10.0. The maximum absolute atomic E-state index is 14.0. The predicted molar refractivity (Wildman–Crippen MR) is 71.2 cm³/mol. The fraction of sp³-hybridized carbons (Fsp3) is 0.462. The number of nitrogen functional groups attached to an aromatic ring is 1. The lowest BCUT2D eigenvalue weighted by Gasteiger charge is -2.23. The number of halogens is 1. The van der Waals surface area contributed by atoms with E-state index >= 15 is 0 Å². The molecule has 1 unspecified atom stereocenters. The zero-order chi connectivity index (χ0) is 14.2. The summed E-state index contributed by atoms with van der Waals surface area (Å²) in [4.78, 5) is 0. The molecule has 0 saturated carbocycles. The Morgan fingerprint density at radius 2 is 2.35 bits per heavy atom. The summed E-state index contributed by atoms with van der Waals surface area (Å²) in [7, 11) is 0. The van der Waals surface area contributed by atoms with Crippen molar-refractivity contribution in [2.75, 3.05) is 12.3 Å². The van der Waals surface area contributed by atoms with Gasteiger partial charge in [0.15, 0.2) is 5.82 Å². The highest BCUT2D eigenvalue weighted by molar-refractivity contribution is 5.59. The highest BCUT2D eigenvalue weighted by Crippen LogP contribution is 2.29. The van der Waals surface area contributed by atoms with Gasteiger partial charge in [0.05, 0.1) is 17.7 Å². The van der Waals surface area contributed by atoms with Crippen LogP contribution in [0.3, 0.4) is 0 Å². The standard InChI is InChI=1S/C13H16FN5O/c1-13(5-2-6-20-13)8-19-12(16-17-18-19)10-4-3-9(15)7-11(10)14/h3-4,7H,2,5-6,8,15H2,1H3. The Hall–Kier alpha value is -2.02. The van der Waals surface area contributed by atoms with Crippen LogP contribution in [-0.2, 0) is 11.3 Å². The highest BCUT2D eigenvalue weighted by atomic mass is 19.1. The van der Waals surface area contributed by atoms with E-state index in [2.05, 4.69) is 15.5 Å². The number of nitrogens with zero attached hydrogens (tertiary/aromatic N) is 4. The molecule has 0 spiro atoms. The van der Waals surface area contributed by atoms with Crippen molar-refractivity contribution in [2.24, 2.45) is 0 Å². The molecule has 3 rings (SSSR count). The first-order valence-corrected chi connectivity index (χ1v) is 6.53. The molecule has 7 heteroatoms. The van der Waals surface area contributed by atoms with Crippen LogP contribution in [0, 0.1) is 5.82 Å². The Morgan fingerprint density at radius 1 is 1.50 bits per heavy atom. The Balaban J connectivity index is 1.93. The smallest absolute Gasteiger partial charge is 0.185 e. The molecule has 0 aliphatic carbocycles. The van der Waals surface area contributed by atoms with Gasteiger partial charge in [0.2, 0.25) is 0 Å². The van der Waals surface area contributed by atoms with Crippen LogP contribution in [0.4, 0.5) is 10.1 Å². The van der Waals surface area contributed by atoms with Gasteiger partial charge in [-0.3, -0.25) is 0 Å². The second-order valence-electron chi connectivity index (χ2n) is 5.30. The van der Waals surface area contributed by atoms with E-state index in [9.17, 15) is 4.39 Å². The van der Waals surface area contributed by atoms with Crippen LogP contribution in [0.15, 0.2) is 18.2 Å². The molecule has 0 amide bonds.